The SMILES string of the molecule is Cc1cc2c(N[C@@H]3CC[C@H](NC(=O)OC(C)(C)C)C3)c(C(N)=Nc3c(C)cccc3F)cnn2c1. The topological polar surface area (TPSA) is 106 Å². The molecule has 1 aliphatic carbocycles. The molecule has 0 bridgehead atoms. The molecule has 35 heavy (non-hydrogen) atoms. The van der Waals surface area contributed by atoms with Gasteiger partial charge in [0, 0.05) is 18.3 Å². The van der Waals surface area contributed by atoms with Crippen LogP contribution in [0.5, 0.6) is 0 Å². The first kappa shape index (κ1) is 24.5. The number of amides is 1. The standard InChI is InChI=1S/C26H33FN6O2/c1-15-11-21-23(30-17-9-10-18(12-17)31-25(34)35-26(3,4)5)19(13-29-33(21)14-15)24(28)32-22-16(2)7-6-8-20(22)27/h6-8,11,13-14,17-18,30H,9-10,12H2,1-5H3,(H2,28,32)(H,31,34)/t17-,18+/m1/s1. The van der Waals surface area contributed by atoms with Gasteiger partial charge >= 0.3 is 6.09 Å². The number of alkyl carbamates (subject to hydrolysis) is 1. The molecule has 1 aliphatic rings. The first-order valence-corrected chi connectivity index (χ1v) is 11.8. The smallest absolute Gasteiger partial charge is 0.407 e. The molecule has 9 heteroatoms. The summed E-state index contributed by atoms with van der Waals surface area (Å²) in [7, 11) is 0. The van der Waals surface area contributed by atoms with Crippen molar-refractivity contribution in [2.45, 2.75) is 71.6 Å². The second kappa shape index (κ2) is 9.56. The molecule has 0 unspecified atom stereocenters. The number of anilines is 1. The van der Waals surface area contributed by atoms with E-state index in [1.54, 1.807) is 29.8 Å². The number of halogens is 1. The van der Waals surface area contributed by atoms with Gasteiger partial charge in [-0.1, -0.05) is 12.1 Å². The molecule has 0 aliphatic heterocycles. The molecule has 3 aromatic rings. The third-order valence-corrected chi connectivity index (χ3v) is 5.97. The highest BCUT2D eigenvalue weighted by Crippen LogP contribution is 2.30. The van der Waals surface area contributed by atoms with E-state index in [1.807, 2.05) is 40.0 Å². The van der Waals surface area contributed by atoms with E-state index in [0.29, 0.717) is 11.1 Å². The van der Waals surface area contributed by atoms with Crippen LogP contribution in [0.15, 0.2) is 41.7 Å². The van der Waals surface area contributed by atoms with Gasteiger partial charge in [0.15, 0.2) is 0 Å². The van der Waals surface area contributed by atoms with Crippen LogP contribution in [-0.4, -0.2) is 39.2 Å². The first-order chi connectivity index (χ1) is 16.5. The van der Waals surface area contributed by atoms with Crippen LogP contribution in [0.1, 0.15) is 56.7 Å². The zero-order valence-electron chi connectivity index (χ0n) is 20.9. The Kier molecular flexibility index (Phi) is 6.69. The van der Waals surface area contributed by atoms with Crippen LogP contribution in [0.2, 0.25) is 0 Å². The quantitative estimate of drug-likeness (QED) is 0.353. The number of nitrogens with one attached hydrogen (secondary N) is 2. The third kappa shape index (κ3) is 5.72. The number of aryl methyl sites for hydroxylation is 2. The maximum Gasteiger partial charge on any atom is 0.407 e. The number of ether oxygens (including phenoxy) is 1. The number of aromatic nitrogens is 2. The van der Waals surface area contributed by atoms with Crippen molar-refractivity contribution in [1.29, 1.82) is 0 Å². The van der Waals surface area contributed by atoms with Gasteiger partial charge < -0.3 is 21.1 Å². The third-order valence-electron chi connectivity index (χ3n) is 5.97. The summed E-state index contributed by atoms with van der Waals surface area (Å²) in [5.74, 6) is -0.252. The zero-order valence-corrected chi connectivity index (χ0v) is 20.9. The lowest BCUT2D eigenvalue weighted by atomic mass is 10.1. The summed E-state index contributed by atoms with van der Waals surface area (Å²) in [4.78, 5) is 16.6. The summed E-state index contributed by atoms with van der Waals surface area (Å²) in [5.41, 5.74) is 10.1. The number of nitrogens with zero attached hydrogens (tertiary/aromatic N) is 3. The van der Waals surface area contributed by atoms with E-state index in [9.17, 15) is 9.18 Å². The molecule has 1 aromatic carbocycles. The van der Waals surface area contributed by atoms with Crippen molar-refractivity contribution in [3.63, 3.8) is 0 Å². The van der Waals surface area contributed by atoms with Crippen molar-refractivity contribution in [2.75, 3.05) is 5.32 Å². The Morgan fingerprint density at radius 3 is 2.71 bits per heavy atom. The van der Waals surface area contributed by atoms with Crippen LogP contribution >= 0.6 is 0 Å². The second-order valence-electron chi connectivity index (χ2n) is 10.2. The predicted octanol–water partition coefficient (Wildman–Crippen LogP) is 4.98. The van der Waals surface area contributed by atoms with Crippen LogP contribution in [-0.2, 0) is 4.74 Å². The Balaban J connectivity index is 1.61. The molecule has 2 aromatic heterocycles. The molecule has 186 valence electrons. The van der Waals surface area contributed by atoms with Gasteiger partial charge in [0.2, 0.25) is 0 Å². The normalized spacial score (nSPS) is 18.6. The van der Waals surface area contributed by atoms with Gasteiger partial charge in [0.1, 0.15) is 22.9 Å². The number of benzene rings is 1. The Labute approximate surface area is 204 Å². The average Bonchev–Trinajstić information content (AvgIpc) is 3.35. The molecule has 0 saturated heterocycles. The van der Waals surface area contributed by atoms with Gasteiger partial charge in [0.05, 0.1) is 23.0 Å². The highest BCUT2D eigenvalue weighted by Gasteiger charge is 2.29. The summed E-state index contributed by atoms with van der Waals surface area (Å²) in [6.45, 7) is 9.32. The van der Waals surface area contributed by atoms with Crippen LogP contribution < -0.4 is 16.4 Å². The molecular weight excluding hydrogens is 447 g/mol. The zero-order chi connectivity index (χ0) is 25.3. The number of carbonyl (C=O) groups excluding carboxylic acids is 1. The molecule has 1 fully saturated rings. The van der Waals surface area contributed by atoms with E-state index in [2.05, 4.69) is 20.7 Å². The van der Waals surface area contributed by atoms with Crippen molar-refractivity contribution >= 4 is 28.8 Å². The van der Waals surface area contributed by atoms with Gasteiger partial charge in [-0.3, -0.25) is 0 Å². The van der Waals surface area contributed by atoms with Crippen molar-refractivity contribution < 1.29 is 13.9 Å². The number of hydrogen-bond acceptors (Lipinski definition) is 5. The molecule has 1 saturated carbocycles. The maximum absolute atomic E-state index is 14.4. The molecule has 8 nitrogen and oxygen atoms in total. The van der Waals surface area contributed by atoms with Gasteiger partial charge in [-0.15, -0.1) is 0 Å². The molecule has 4 rings (SSSR count). The van der Waals surface area contributed by atoms with Crippen molar-refractivity contribution in [1.82, 2.24) is 14.9 Å². The van der Waals surface area contributed by atoms with Crippen LogP contribution in [0.3, 0.4) is 0 Å². The lowest BCUT2D eigenvalue weighted by Crippen LogP contribution is -2.38. The number of fused-ring (bicyclic) bond motifs is 1. The molecule has 0 spiro atoms. The summed E-state index contributed by atoms with van der Waals surface area (Å²) < 4.78 is 21.6. The van der Waals surface area contributed by atoms with Gasteiger partial charge in [0.25, 0.3) is 0 Å². The monoisotopic (exact) mass is 480 g/mol. The van der Waals surface area contributed by atoms with Gasteiger partial charge in [-0.25, -0.2) is 18.7 Å². The van der Waals surface area contributed by atoms with E-state index in [1.165, 1.54) is 6.07 Å². The molecule has 0 radical (unpaired) electrons. The summed E-state index contributed by atoms with van der Waals surface area (Å²) in [6.07, 6.45) is 5.59. The molecule has 2 heterocycles. The number of rotatable bonds is 5. The van der Waals surface area contributed by atoms with E-state index in [0.717, 1.165) is 36.0 Å². The minimum absolute atomic E-state index is 0.00394. The number of aliphatic imine (C=N–C) groups is 1. The fourth-order valence-corrected chi connectivity index (χ4v) is 4.40. The van der Waals surface area contributed by atoms with Crippen molar-refractivity contribution in [3.05, 3.63) is 59.2 Å². The van der Waals surface area contributed by atoms with Gasteiger partial charge in [-0.05, 0) is 77.1 Å². The summed E-state index contributed by atoms with van der Waals surface area (Å²) >= 11 is 0. The Bertz CT molecular complexity index is 1260. The summed E-state index contributed by atoms with van der Waals surface area (Å²) in [6, 6.07) is 6.93. The van der Waals surface area contributed by atoms with E-state index in [-0.39, 0.29) is 23.6 Å². The largest absolute Gasteiger partial charge is 0.444 e. The number of amidine groups is 1. The Morgan fingerprint density at radius 1 is 1.26 bits per heavy atom. The second-order valence-corrected chi connectivity index (χ2v) is 10.2. The van der Waals surface area contributed by atoms with Crippen LogP contribution in [0.25, 0.3) is 5.52 Å². The molecular formula is C26H33FN6O2. The fourth-order valence-electron chi connectivity index (χ4n) is 4.40. The van der Waals surface area contributed by atoms with Crippen molar-refractivity contribution in [2.24, 2.45) is 10.7 Å². The number of hydrogen-bond donors (Lipinski definition) is 3. The fraction of sp³-hybridized carbons (Fsp3) is 0.423. The maximum atomic E-state index is 14.4. The van der Waals surface area contributed by atoms with Crippen LogP contribution in [0, 0.1) is 19.7 Å². The lowest BCUT2D eigenvalue weighted by Gasteiger charge is -2.22. The molecule has 4 N–H and O–H groups in total. The minimum atomic E-state index is -0.543. The highest BCUT2D eigenvalue weighted by molar-refractivity contribution is 6.06. The lowest BCUT2D eigenvalue weighted by molar-refractivity contribution is 0.0505. The minimum Gasteiger partial charge on any atom is -0.444 e. The van der Waals surface area contributed by atoms with E-state index in [4.69, 9.17) is 10.5 Å². The number of para-hydroxylation sites is 1. The average molecular weight is 481 g/mol. The first-order valence-electron chi connectivity index (χ1n) is 11.8. The molecule has 1 amide bonds. The Hall–Kier alpha value is -3.62. The predicted molar refractivity (Wildman–Crippen MR) is 136 cm³/mol. The number of nitrogens with two attached hydrogens (primary N) is 1. The van der Waals surface area contributed by atoms with Crippen LogP contribution in [0.4, 0.5) is 20.6 Å². The van der Waals surface area contributed by atoms with Crippen molar-refractivity contribution in [3.8, 4) is 0 Å². The number of carbonyl (C=O) groups is 1. The summed E-state index contributed by atoms with van der Waals surface area (Å²) in [5, 5.41) is 11.1. The Morgan fingerprint density at radius 2 is 2.00 bits per heavy atom. The van der Waals surface area contributed by atoms with E-state index < -0.39 is 17.5 Å². The van der Waals surface area contributed by atoms with Gasteiger partial charge in [-0.2, -0.15) is 5.10 Å². The van der Waals surface area contributed by atoms with E-state index >= 15 is 0 Å². The molecule has 2 atom stereocenters. The highest BCUT2D eigenvalue weighted by atomic mass is 19.1.